The van der Waals surface area contributed by atoms with Gasteiger partial charge in [-0.2, -0.15) is 5.10 Å². The van der Waals surface area contributed by atoms with Crippen LogP contribution in [-0.2, 0) is 12.8 Å². The maximum atomic E-state index is 14.1. The maximum absolute atomic E-state index is 14.1. The standard InChI is InChI=1S/C31H28Cl2N6O3/c1-42-27-7-16-2-5-24-28(31(41)38-15-21-3-4-22(38)14-36-21)37-39(23-9-19(32)8-20(33)10-23)29(24)26(16)11-25(27)17-6-18(30(34)40)13-35-12-17/h6-13,21-22,36H,2-5,14-15H2,1H3,(H2,34,40). The third-order valence-electron chi connectivity index (χ3n) is 8.55. The van der Waals surface area contributed by atoms with Crippen molar-refractivity contribution in [2.75, 3.05) is 20.2 Å². The summed E-state index contributed by atoms with van der Waals surface area (Å²) in [6, 6.07) is 11.4. The normalized spacial score (nSPS) is 18.9. The lowest BCUT2D eigenvalue weighted by Crippen LogP contribution is -2.62. The molecule has 2 unspecified atom stereocenters. The first-order valence-corrected chi connectivity index (χ1v) is 14.7. The smallest absolute Gasteiger partial charge is 0.275 e. The highest BCUT2D eigenvalue weighted by Gasteiger charge is 2.39. The van der Waals surface area contributed by atoms with Gasteiger partial charge in [0.2, 0.25) is 5.91 Å². The average molecular weight is 604 g/mol. The second-order valence-electron chi connectivity index (χ2n) is 11.0. The molecule has 9 nitrogen and oxygen atoms in total. The molecule has 3 N–H and O–H groups in total. The van der Waals surface area contributed by atoms with Gasteiger partial charge in [0.15, 0.2) is 5.69 Å². The predicted molar refractivity (Wildman–Crippen MR) is 161 cm³/mol. The van der Waals surface area contributed by atoms with Gasteiger partial charge in [-0.15, -0.1) is 0 Å². The van der Waals surface area contributed by atoms with E-state index in [1.54, 1.807) is 42.3 Å². The minimum absolute atomic E-state index is 0.0510. The lowest BCUT2D eigenvalue weighted by Gasteiger charge is -2.45. The zero-order chi connectivity index (χ0) is 29.1. The van der Waals surface area contributed by atoms with Crippen LogP contribution in [0, 0.1) is 0 Å². The summed E-state index contributed by atoms with van der Waals surface area (Å²) in [5, 5.41) is 9.42. The minimum atomic E-state index is -0.566. The van der Waals surface area contributed by atoms with Crippen molar-refractivity contribution < 1.29 is 14.3 Å². The fourth-order valence-electron chi connectivity index (χ4n) is 6.50. The summed E-state index contributed by atoms with van der Waals surface area (Å²) in [7, 11) is 1.61. The number of carbonyl (C=O) groups is 2. The van der Waals surface area contributed by atoms with Crippen LogP contribution in [0.1, 0.15) is 44.8 Å². The molecule has 2 aromatic heterocycles. The van der Waals surface area contributed by atoms with Crippen molar-refractivity contribution >= 4 is 35.0 Å². The Morgan fingerprint density at radius 3 is 2.50 bits per heavy atom. The summed E-state index contributed by atoms with van der Waals surface area (Å²) in [6.45, 7) is 1.48. The summed E-state index contributed by atoms with van der Waals surface area (Å²) in [5.41, 5.74) is 12.0. The Labute approximate surface area is 252 Å². The summed E-state index contributed by atoms with van der Waals surface area (Å²) in [5.74, 6) is 0.0275. The number of methoxy groups -OCH3 is 1. The lowest BCUT2D eigenvalue weighted by molar-refractivity contribution is 0.0433. The van der Waals surface area contributed by atoms with Crippen LogP contribution in [0.15, 0.2) is 48.8 Å². The lowest BCUT2D eigenvalue weighted by atomic mass is 9.85. The molecule has 42 heavy (non-hydrogen) atoms. The molecule has 0 radical (unpaired) electrons. The summed E-state index contributed by atoms with van der Waals surface area (Å²) >= 11 is 12.9. The number of nitrogens with two attached hydrogens (primary N) is 1. The number of ether oxygens (including phenoxy) is 1. The fraction of sp³-hybridized carbons (Fsp3) is 0.290. The molecule has 2 amide bonds. The molecule has 2 aromatic carbocycles. The molecule has 5 heterocycles. The van der Waals surface area contributed by atoms with Crippen molar-refractivity contribution in [2.45, 2.75) is 37.8 Å². The number of fused-ring (bicyclic) bond motifs is 6. The zero-order valence-electron chi connectivity index (χ0n) is 22.9. The molecule has 2 atom stereocenters. The van der Waals surface area contributed by atoms with E-state index in [9.17, 15) is 9.59 Å². The SMILES string of the molecule is COc1cc2c(cc1-c1cncc(C(N)=O)c1)-c1c(c(C(=O)N3CC4CCC3CN4)nn1-c1cc(Cl)cc(Cl)c1)CC2. The van der Waals surface area contributed by atoms with Crippen LogP contribution in [0.4, 0.5) is 0 Å². The Balaban J connectivity index is 1.43. The van der Waals surface area contributed by atoms with Gasteiger partial charge in [0, 0.05) is 69.9 Å². The summed E-state index contributed by atoms with van der Waals surface area (Å²) in [6.07, 6.45) is 6.51. The fourth-order valence-corrected chi connectivity index (χ4v) is 7.02. The number of hydrogen-bond donors (Lipinski definition) is 2. The van der Waals surface area contributed by atoms with Gasteiger partial charge in [-0.1, -0.05) is 23.2 Å². The van der Waals surface area contributed by atoms with Gasteiger partial charge in [-0.25, -0.2) is 4.68 Å². The van der Waals surface area contributed by atoms with Gasteiger partial charge < -0.3 is 20.7 Å². The van der Waals surface area contributed by atoms with E-state index in [1.807, 2.05) is 17.0 Å². The zero-order valence-corrected chi connectivity index (χ0v) is 24.4. The van der Waals surface area contributed by atoms with E-state index in [0.29, 0.717) is 63.7 Å². The molecule has 11 heteroatoms. The number of halogens is 2. The molecule has 2 bridgehead atoms. The molecule has 3 saturated heterocycles. The first kappa shape index (κ1) is 26.9. The van der Waals surface area contributed by atoms with Gasteiger partial charge in [0.1, 0.15) is 5.75 Å². The minimum Gasteiger partial charge on any atom is -0.496 e. The number of pyridine rings is 1. The number of nitrogens with zero attached hydrogens (tertiary/aromatic N) is 4. The van der Waals surface area contributed by atoms with Crippen molar-refractivity contribution in [1.82, 2.24) is 25.0 Å². The van der Waals surface area contributed by atoms with Gasteiger partial charge in [-0.05, 0) is 67.6 Å². The first-order chi connectivity index (χ1) is 20.3. The molecule has 0 spiro atoms. The second-order valence-corrected chi connectivity index (χ2v) is 11.9. The molecular weight excluding hydrogens is 575 g/mol. The van der Waals surface area contributed by atoms with E-state index in [2.05, 4.69) is 10.3 Å². The van der Waals surface area contributed by atoms with Crippen LogP contribution < -0.4 is 15.8 Å². The number of hydrogen-bond acceptors (Lipinski definition) is 6. The van der Waals surface area contributed by atoms with Crippen LogP contribution in [0.25, 0.3) is 28.1 Å². The number of rotatable bonds is 5. The number of amides is 2. The largest absolute Gasteiger partial charge is 0.496 e. The van der Waals surface area contributed by atoms with E-state index in [0.717, 1.165) is 47.3 Å². The molecule has 4 aromatic rings. The Morgan fingerprint density at radius 1 is 1.02 bits per heavy atom. The number of primary amides is 1. The summed E-state index contributed by atoms with van der Waals surface area (Å²) < 4.78 is 7.57. The number of carbonyl (C=O) groups excluding carboxylic acids is 2. The monoisotopic (exact) mass is 602 g/mol. The van der Waals surface area contributed by atoms with Crippen LogP contribution in [0.2, 0.25) is 10.0 Å². The molecule has 3 fully saturated rings. The highest BCUT2D eigenvalue weighted by Crippen LogP contribution is 2.43. The average Bonchev–Trinajstić information content (AvgIpc) is 3.40. The quantitative estimate of drug-likeness (QED) is 0.342. The van der Waals surface area contributed by atoms with Crippen molar-refractivity contribution in [3.63, 3.8) is 0 Å². The number of aromatic nitrogens is 3. The van der Waals surface area contributed by atoms with Gasteiger partial charge in [-0.3, -0.25) is 14.6 Å². The number of nitrogens with one attached hydrogen (secondary N) is 1. The molecule has 8 rings (SSSR count). The number of piperidine rings is 2. The molecule has 0 saturated carbocycles. The van der Waals surface area contributed by atoms with Crippen molar-refractivity contribution in [3.05, 3.63) is 81.2 Å². The summed E-state index contributed by atoms with van der Waals surface area (Å²) in [4.78, 5) is 32.3. The van der Waals surface area contributed by atoms with E-state index in [4.69, 9.17) is 38.8 Å². The van der Waals surface area contributed by atoms with Crippen LogP contribution in [0.3, 0.4) is 0 Å². The first-order valence-electron chi connectivity index (χ1n) is 13.9. The molecule has 4 aliphatic rings. The Bertz CT molecular complexity index is 1740. The van der Waals surface area contributed by atoms with E-state index < -0.39 is 5.91 Å². The predicted octanol–water partition coefficient (Wildman–Crippen LogP) is 4.69. The van der Waals surface area contributed by atoms with Crippen molar-refractivity contribution in [3.8, 4) is 33.8 Å². The highest BCUT2D eigenvalue weighted by molar-refractivity contribution is 6.34. The second kappa shape index (κ2) is 10.4. The van der Waals surface area contributed by atoms with Gasteiger partial charge in [0.25, 0.3) is 5.91 Å². The van der Waals surface area contributed by atoms with Gasteiger partial charge >= 0.3 is 0 Å². The van der Waals surface area contributed by atoms with E-state index in [-0.39, 0.29) is 11.9 Å². The topological polar surface area (TPSA) is 115 Å². The molecule has 3 aliphatic heterocycles. The van der Waals surface area contributed by atoms with Crippen LogP contribution in [0.5, 0.6) is 5.75 Å². The number of piperazine rings is 1. The Morgan fingerprint density at radius 2 is 1.83 bits per heavy atom. The third kappa shape index (κ3) is 4.52. The Hall–Kier alpha value is -3.92. The number of aryl methyl sites for hydroxylation is 1. The maximum Gasteiger partial charge on any atom is 0.275 e. The van der Waals surface area contributed by atoms with Gasteiger partial charge in [0.05, 0.1) is 24.1 Å². The van der Waals surface area contributed by atoms with Crippen molar-refractivity contribution in [2.24, 2.45) is 5.73 Å². The van der Waals surface area contributed by atoms with E-state index in [1.165, 1.54) is 6.20 Å². The Kier molecular flexibility index (Phi) is 6.68. The highest BCUT2D eigenvalue weighted by atomic mass is 35.5. The molecular formula is C31H28Cl2N6O3. The third-order valence-corrected chi connectivity index (χ3v) is 8.98. The van der Waals surface area contributed by atoms with E-state index >= 15 is 0 Å². The van der Waals surface area contributed by atoms with Crippen LogP contribution in [-0.4, -0.2) is 63.8 Å². The molecule has 1 aliphatic carbocycles. The van der Waals surface area contributed by atoms with Crippen LogP contribution >= 0.6 is 23.2 Å². The number of benzene rings is 2. The molecule has 214 valence electrons. The van der Waals surface area contributed by atoms with Crippen molar-refractivity contribution in [1.29, 1.82) is 0 Å².